The number of benzene rings is 1. The van der Waals surface area contributed by atoms with Crippen LogP contribution in [0.4, 0.5) is 0 Å². The number of rotatable bonds is 4. The number of carbonyl (C=O) groups is 2. The number of amides is 1. The number of carboxylic acid groups (broad SMARTS) is 1. The second kappa shape index (κ2) is 7.06. The Hall–Kier alpha value is -2.67. The van der Waals surface area contributed by atoms with Gasteiger partial charge in [0.15, 0.2) is 6.10 Å². The largest absolute Gasteiger partial charge is 0.479 e. The zero-order valence-electron chi connectivity index (χ0n) is 14.3. The van der Waals surface area contributed by atoms with Gasteiger partial charge in [-0.3, -0.25) is 9.48 Å². The van der Waals surface area contributed by atoms with Crippen LogP contribution in [0, 0.1) is 13.8 Å². The zero-order valence-corrected chi connectivity index (χ0v) is 14.3. The Morgan fingerprint density at radius 3 is 2.80 bits per heavy atom. The number of morpholine rings is 1. The molecular weight excluding hydrogens is 322 g/mol. The van der Waals surface area contributed by atoms with E-state index in [1.165, 1.54) is 4.90 Å². The van der Waals surface area contributed by atoms with Crippen LogP contribution in [0.25, 0.3) is 0 Å². The van der Waals surface area contributed by atoms with Crippen molar-refractivity contribution in [2.75, 3.05) is 19.7 Å². The Bertz CT molecular complexity index is 799. The fraction of sp³-hybridized carbons (Fsp3) is 0.389. The van der Waals surface area contributed by atoms with Crippen LogP contribution in [0.1, 0.15) is 27.3 Å². The molecule has 1 N–H and O–H groups in total. The van der Waals surface area contributed by atoms with Crippen molar-refractivity contribution in [1.29, 1.82) is 0 Å². The van der Waals surface area contributed by atoms with Gasteiger partial charge in [0, 0.05) is 17.8 Å². The van der Waals surface area contributed by atoms with Gasteiger partial charge in [-0.15, -0.1) is 0 Å². The monoisotopic (exact) mass is 343 g/mol. The lowest BCUT2D eigenvalue weighted by Crippen LogP contribution is -2.48. The Morgan fingerprint density at radius 1 is 1.32 bits per heavy atom. The topological polar surface area (TPSA) is 84.7 Å². The molecule has 1 aliphatic rings. The second-order valence-corrected chi connectivity index (χ2v) is 6.23. The van der Waals surface area contributed by atoms with Gasteiger partial charge >= 0.3 is 5.97 Å². The van der Waals surface area contributed by atoms with Gasteiger partial charge in [-0.1, -0.05) is 12.1 Å². The first-order valence-electron chi connectivity index (χ1n) is 8.17. The Balaban J connectivity index is 1.75. The summed E-state index contributed by atoms with van der Waals surface area (Å²) in [6.07, 6.45) is -0.962. The number of nitrogens with zero attached hydrogens (tertiary/aromatic N) is 3. The molecule has 7 heteroatoms. The molecule has 1 amide bonds. The number of aliphatic carboxylic acids is 1. The molecule has 0 spiro atoms. The lowest BCUT2D eigenvalue weighted by atomic mass is 10.1. The summed E-state index contributed by atoms with van der Waals surface area (Å²) >= 11 is 0. The van der Waals surface area contributed by atoms with Gasteiger partial charge in [-0.05, 0) is 37.6 Å². The van der Waals surface area contributed by atoms with Crippen LogP contribution in [0.5, 0.6) is 0 Å². The third-order valence-corrected chi connectivity index (χ3v) is 4.24. The molecule has 1 fully saturated rings. The van der Waals surface area contributed by atoms with E-state index in [-0.39, 0.29) is 19.1 Å². The fourth-order valence-corrected chi connectivity index (χ4v) is 2.98. The van der Waals surface area contributed by atoms with Crippen molar-refractivity contribution in [3.8, 4) is 0 Å². The quantitative estimate of drug-likeness (QED) is 0.909. The summed E-state index contributed by atoms with van der Waals surface area (Å²) in [6.45, 7) is 5.21. The highest BCUT2D eigenvalue weighted by molar-refractivity contribution is 5.94. The van der Waals surface area contributed by atoms with Crippen molar-refractivity contribution in [2.24, 2.45) is 0 Å². The summed E-state index contributed by atoms with van der Waals surface area (Å²) in [5, 5.41) is 13.5. The SMILES string of the molecule is Cc1cc(C)n(Cc2cccc(C(=O)N3CCO[C@@H](C(=O)O)C3)c2)n1. The van der Waals surface area contributed by atoms with Gasteiger partial charge < -0.3 is 14.7 Å². The number of ether oxygens (including phenoxy) is 1. The van der Waals surface area contributed by atoms with E-state index in [2.05, 4.69) is 5.10 Å². The molecule has 1 atom stereocenters. The molecule has 7 nitrogen and oxygen atoms in total. The predicted molar refractivity (Wildman–Crippen MR) is 90.5 cm³/mol. The van der Waals surface area contributed by atoms with Crippen LogP contribution in [-0.4, -0.2) is 57.5 Å². The predicted octanol–water partition coefficient (Wildman–Crippen LogP) is 1.47. The molecule has 0 saturated carbocycles. The molecule has 3 rings (SSSR count). The van der Waals surface area contributed by atoms with Crippen LogP contribution < -0.4 is 0 Å². The van der Waals surface area contributed by atoms with E-state index in [4.69, 9.17) is 9.84 Å². The molecule has 1 aromatic carbocycles. The molecule has 1 aromatic heterocycles. The molecule has 25 heavy (non-hydrogen) atoms. The van der Waals surface area contributed by atoms with E-state index < -0.39 is 12.1 Å². The lowest BCUT2D eigenvalue weighted by molar-refractivity contribution is -0.154. The van der Waals surface area contributed by atoms with Crippen molar-refractivity contribution in [3.05, 3.63) is 52.8 Å². The summed E-state index contributed by atoms with van der Waals surface area (Å²) in [6, 6.07) is 9.38. The minimum atomic E-state index is -1.05. The summed E-state index contributed by atoms with van der Waals surface area (Å²) < 4.78 is 7.07. The Kier molecular flexibility index (Phi) is 4.85. The normalized spacial score (nSPS) is 17.5. The highest BCUT2D eigenvalue weighted by atomic mass is 16.5. The molecule has 0 unspecified atom stereocenters. The van der Waals surface area contributed by atoms with E-state index in [0.29, 0.717) is 18.7 Å². The number of carboxylic acids is 1. The average molecular weight is 343 g/mol. The number of carbonyl (C=O) groups excluding carboxylic acids is 1. The molecule has 0 radical (unpaired) electrons. The molecular formula is C18H21N3O4. The highest BCUT2D eigenvalue weighted by Crippen LogP contribution is 2.14. The van der Waals surface area contributed by atoms with E-state index >= 15 is 0 Å². The number of hydrogen-bond donors (Lipinski definition) is 1. The summed E-state index contributed by atoms with van der Waals surface area (Å²) in [4.78, 5) is 25.3. The first-order valence-corrected chi connectivity index (χ1v) is 8.17. The zero-order chi connectivity index (χ0) is 18.0. The number of aryl methyl sites for hydroxylation is 2. The standard InChI is InChI=1S/C18H21N3O4/c1-12-8-13(2)21(19-12)10-14-4-3-5-15(9-14)17(22)20-6-7-25-16(11-20)18(23)24/h3-5,8-9,16H,6-7,10-11H2,1-2H3,(H,23,24)/t16-/m1/s1. The summed E-state index contributed by atoms with van der Waals surface area (Å²) in [5.41, 5.74) is 3.54. The van der Waals surface area contributed by atoms with Gasteiger partial charge in [-0.2, -0.15) is 5.10 Å². The van der Waals surface area contributed by atoms with E-state index in [9.17, 15) is 9.59 Å². The van der Waals surface area contributed by atoms with Crippen molar-refractivity contribution < 1.29 is 19.4 Å². The van der Waals surface area contributed by atoms with Crippen molar-refractivity contribution in [2.45, 2.75) is 26.5 Å². The Morgan fingerprint density at radius 2 is 2.12 bits per heavy atom. The fourth-order valence-electron chi connectivity index (χ4n) is 2.98. The van der Waals surface area contributed by atoms with Crippen LogP contribution in [0.3, 0.4) is 0 Å². The third-order valence-electron chi connectivity index (χ3n) is 4.24. The van der Waals surface area contributed by atoms with Crippen LogP contribution >= 0.6 is 0 Å². The van der Waals surface area contributed by atoms with Crippen molar-refractivity contribution >= 4 is 11.9 Å². The van der Waals surface area contributed by atoms with Gasteiger partial charge in [0.2, 0.25) is 0 Å². The van der Waals surface area contributed by atoms with Gasteiger partial charge in [0.25, 0.3) is 5.91 Å². The first-order chi connectivity index (χ1) is 11.9. The molecule has 2 aromatic rings. The maximum atomic E-state index is 12.7. The lowest BCUT2D eigenvalue weighted by Gasteiger charge is -2.31. The smallest absolute Gasteiger partial charge is 0.334 e. The minimum Gasteiger partial charge on any atom is -0.479 e. The number of hydrogen-bond acceptors (Lipinski definition) is 4. The van der Waals surface area contributed by atoms with Gasteiger partial charge in [-0.25, -0.2) is 4.79 Å². The van der Waals surface area contributed by atoms with E-state index in [1.807, 2.05) is 42.8 Å². The third kappa shape index (κ3) is 3.88. The minimum absolute atomic E-state index is 0.0653. The number of aromatic nitrogens is 2. The maximum Gasteiger partial charge on any atom is 0.334 e. The van der Waals surface area contributed by atoms with Crippen LogP contribution in [0.15, 0.2) is 30.3 Å². The molecule has 132 valence electrons. The highest BCUT2D eigenvalue weighted by Gasteiger charge is 2.29. The molecule has 0 bridgehead atoms. The van der Waals surface area contributed by atoms with Gasteiger partial charge in [0.05, 0.1) is 25.4 Å². The molecule has 1 saturated heterocycles. The van der Waals surface area contributed by atoms with Crippen LogP contribution in [0.2, 0.25) is 0 Å². The second-order valence-electron chi connectivity index (χ2n) is 6.23. The summed E-state index contributed by atoms with van der Waals surface area (Å²) in [5.74, 6) is -1.22. The van der Waals surface area contributed by atoms with Crippen molar-refractivity contribution in [3.63, 3.8) is 0 Å². The van der Waals surface area contributed by atoms with E-state index in [1.54, 1.807) is 6.07 Å². The van der Waals surface area contributed by atoms with Gasteiger partial charge in [0.1, 0.15) is 0 Å². The Labute approximate surface area is 145 Å². The van der Waals surface area contributed by atoms with Crippen LogP contribution in [-0.2, 0) is 16.1 Å². The average Bonchev–Trinajstić information content (AvgIpc) is 2.91. The maximum absolute atomic E-state index is 12.7. The van der Waals surface area contributed by atoms with Crippen molar-refractivity contribution in [1.82, 2.24) is 14.7 Å². The first kappa shape index (κ1) is 17.2. The summed E-state index contributed by atoms with van der Waals surface area (Å²) in [7, 11) is 0. The molecule has 1 aliphatic heterocycles. The molecule has 2 heterocycles. The van der Waals surface area contributed by atoms with E-state index in [0.717, 1.165) is 17.0 Å². The molecule has 0 aliphatic carbocycles.